The van der Waals surface area contributed by atoms with E-state index in [0.717, 1.165) is 17.5 Å². The minimum absolute atomic E-state index is 0.122. The van der Waals surface area contributed by atoms with Gasteiger partial charge in [0.25, 0.3) is 11.8 Å². The number of fused-ring (bicyclic) bond motifs is 1. The molecule has 0 atom stereocenters. The van der Waals surface area contributed by atoms with E-state index in [1.165, 1.54) is 12.1 Å². The Kier molecular flexibility index (Phi) is 8.89. The second-order valence-electron chi connectivity index (χ2n) is 10.0. The zero-order valence-corrected chi connectivity index (χ0v) is 21.9. The SMILES string of the molecule is CC(C)CN(CCC(=O)NCc1ccc(F)cc1)C(=O)c1cc2n(n1)CCCN(Cc1ccccc1)C2=O. The van der Waals surface area contributed by atoms with Gasteiger partial charge >= 0.3 is 0 Å². The molecule has 3 aromatic rings. The molecule has 3 amide bonds. The fourth-order valence-electron chi connectivity index (χ4n) is 4.50. The molecular formula is C29H34FN5O3. The number of nitrogens with zero attached hydrogens (tertiary/aromatic N) is 4. The van der Waals surface area contributed by atoms with Gasteiger partial charge in [-0.3, -0.25) is 19.1 Å². The number of aromatic nitrogens is 2. The zero-order valence-electron chi connectivity index (χ0n) is 21.9. The van der Waals surface area contributed by atoms with Gasteiger partial charge in [0.1, 0.15) is 11.5 Å². The molecule has 0 bridgehead atoms. The summed E-state index contributed by atoms with van der Waals surface area (Å²) >= 11 is 0. The van der Waals surface area contributed by atoms with Gasteiger partial charge in [-0.05, 0) is 35.6 Å². The van der Waals surface area contributed by atoms with Gasteiger partial charge in [0.2, 0.25) is 5.91 Å². The molecule has 0 spiro atoms. The molecule has 0 unspecified atom stereocenters. The summed E-state index contributed by atoms with van der Waals surface area (Å²) in [7, 11) is 0. The van der Waals surface area contributed by atoms with Crippen LogP contribution in [0.2, 0.25) is 0 Å². The number of carbonyl (C=O) groups excluding carboxylic acids is 3. The lowest BCUT2D eigenvalue weighted by Gasteiger charge is -2.23. The van der Waals surface area contributed by atoms with Gasteiger partial charge in [0, 0.05) is 51.8 Å². The summed E-state index contributed by atoms with van der Waals surface area (Å²) in [6.07, 6.45) is 0.863. The van der Waals surface area contributed by atoms with Crippen LogP contribution in [0.3, 0.4) is 0 Å². The van der Waals surface area contributed by atoms with E-state index >= 15 is 0 Å². The highest BCUT2D eigenvalue weighted by atomic mass is 19.1. The van der Waals surface area contributed by atoms with Crippen molar-refractivity contribution in [2.75, 3.05) is 19.6 Å². The lowest BCUT2D eigenvalue weighted by Crippen LogP contribution is -2.37. The van der Waals surface area contributed by atoms with E-state index in [-0.39, 0.29) is 54.7 Å². The highest BCUT2D eigenvalue weighted by Gasteiger charge is 2.28. The van der Waals surface area contributed by atoms with E-state index in [1.54, 1.807) is 32.7 Å². The van der Waals surface area contributed by atoms with E-state index in [9.17, 15) is 18.8 Å². The van der Waals surface area contributed by atoms with E-state index in [2.05, 4.69) is 10.4 Å². The molecule has 0 fully saturated rings. The van der Waals surface area contributed by atoms with Crippen molar-refractivity contribution in [3.8, 4) is 0 Å². The number of benzene rings is 2. The molecular weight excluding hydrogens is 485 g/mol. The Labute approximate surface area is 222 Å². The summed E-state index contributed by atoms with van der Waals surface area (Å²) in [5.74, 6) is -0.792. The number of carbonyl (C=O) groups is 3. The molecule has 1 aliphatic rings. The quantitative estimate of drug-likeness (QED) is 0.441. The number of hydrogen-bond acceptors (Lipinski definition) is 4. The van der Waals surface area contributed by atoms with Gasteiger partial charge in [0.15, 0.2) is 5.69 Å². The summed E-state index contributed by atoms with van der Waals surface area (Å²) in [5, 5.41) is 7.30. The lowest BCUT2D eigenvalue weighted by atomic mass is 10.1. The molecule has 200 valence electrons. The first-order chi connectivity index (χ1) is 18.3. The van der Waals surface area contributed by atoms with Crippen LogP contribution in [0.25, 0.3) is 0 Å². The average molecular weight is 520 g/mol. The standard InChI is InChI=1S/C29H34FN5O3/c1-21(2)19-34(16-13-27(36)31-18-22-9-11-24(30)12-10-22)28(37)25-17-26-29(38)33(14-6-15-35(26)32-25)20-23-7-4-3-5-8-23/h3-5,7-12,17,21H,6,13-16,18-20H2,1-2H3,(H,31,36). The first kappa shape index (κ1) is 27.0. The minimum atomic E-state index is -0.329. The van der Waals surface area contributed by atoms with Crippen LogP contribution in [0.4, 0.5) is 4.39 Å². The minimum Gasteiger partial charge on any atom is -0.352 e. The van der Waals surface area contributed by atoms with Crippen molar-refractivity contribution in [2.24, 2.45) is 5.92 Å². The van der Waals surface area contributed by atoms with Crippen LogP contribution in [0.5, 0.6) is 0 Å². The van der Waals surface area contributed by atoms with Gasteiger partial charge in [0.05, 0.1) is 0 Å². The maximum absolute atomic E-state index is 13.4. The molecule has 0 saturated carbocycles. The molecule has 2 heterocycles. The summed E-state index contributed by atoms with van der Waals surface area (Å²) in [5.41, 5.74) is 2.46. The number of halogens is 1. The van der Waals surface area contributed by atoms with E-state index in [0.29, 0.717) is 31.9 Å². The second kappa shape index (κ2) is 12.5. The normalized spacial score (nSPS) is 13.3. The number of rotatable bonds is 10. The predicted octanol–water partition coefficient (Wildman–Crippen LogP) is 3.87. The van der Waals surface area contributed by atoms with Crippen molar-refractivity contribution in [1.29, 1.82) is 0 Å². The Balaban J connectivity index is 1.41. The number of nitrogens with one attached hydrogen (secondary N) is 1. The molecule has 0 radical (unpaired) electrons. The van der Waals surface area contributed by atoms with Crippen LogP contribution < -0.4 is 5.32 Å². The maximum atomic E-state index is 13.4. The topological polar surface area (TPSA) is 87.5 Å². The van der Waals surface area contributed by atoms with Crippen LogP contribution >= 0.6 is 0 Å². The molecule has 0 aliphatic carbocycles. The van der Waals surface area contributed by atoms with Gasteiger partial charge in [-0.2, -0.15) is 5.10 Å². The Morgan fingerprint density at radius 3 is 2.50 bits per heavy atom. The Hall–Kier alpha value is -4.01. The van der Waals surface area contributed by atoms with E-state index < -0.39 is 0 Å². The largest absolute Gasteiger partial charge is 0.352 e. The average Bonchev–Trinajstić information content (AvgIpc) is 3.28. The first-order valence-electron chi connectivity index (χ1n) is 13.0. The van der Waals surface area contributed by atoms with Crippen LogP contribution in [-0.4, -0.2) is 56.9 Å². The molecule has 38 heavy (non-hydrogen) atoms. The molecule has 4 rings (SSSR count). The maximum Gasteiger partial charge on any atom is 0.274 e. The highest BCUT2D eigenvalue weighted by molar-refractivity contribution is 5.98. The van der Waals surface area contributed by atoms with Crippen molar-refractivity contribution >= 4 is 17.7 Å². The molecule has 2 aromatic carbocycles. The van der Waals surface area contributed by atoms with Crippen molar-refractivity contribution in [3.05, 3.63) is 89.0 Å². The molecule has 1 aliphatic heterocycles. The third-order valence-corrected chi connectivity index (χ3v) is 6.40. The molecule has 9 heteroatoms. The van der Waals surface area contributed by atoms with Crippen molar-refractivity contribution in [1.82, 2.24) is 24.9 Å². The fraction of sp³-hybridized carbons (Fsp3) is 0.379. The Bertz CT molecular complexity index is 1260. The van der Waals surface area contributed by atoms with Crippen LogP contribution in [0.15, 0.2) is 60.7 Å². The first-order valence-corrected chi connectivity index (χ1v) is 13.0. The van der Waals surface area contributed by atoms with E-state index in [1.807, 2.05) is 44.2 Å². The third kappa shape index (κ3) is 7.06. The van der Waals surface area contributed by atoms with E-state index in [4.69, 9.17) is 0 Å². The Morgan fingerprint density at radius 1 is 1.05 bits per heavy atom. The summed E-state index contributed by atoms with van der Waals surface area (Å²) in [6, 6.07) is 17.3. The highest BCUT2D eigenvalue weighted by Crippen LogP contribution is 2.18. The molecule has 1 aromatic heterocycles. The number of hydrogen-bond donors (Lipinski definition) is 1. The van der Waals surface area contributed by atoms with Crippen molar-refractivity contribution in [2.45, 2.75) is 46.3 Å². The van der Waals surface area contributed by atoms with Gasteiger partial charge in [-0.1, -0.05) is 56.3 Å². The van der Waals surface area contributed by atoms with Crippen molar-refractivity contribution in [3.63, 3.8) is 0 Å². The molecule has 8 nitrogen and oxygen atoms in total. The Morgan fingerprint density at radius 2 is 1.79 bits per heavy atom. The zero-order chi connectivity index (χ0) is 27.1. The summed E-state index contributed by atoms with van der Waals surface area (Å²) < 4.78 is 14.7. The molecule has 0 saturated heterocycles. The summed E-state index contributed by atoms with van der Waals surface area (Å²) in [4.78, 5) is 42.6. The number of aryl methyl sites for hydroxylation is 1. The third-order valence-electron chi connectivity index (χ3n) is 6.40. The second-order valence-corrected chi connectivity index (χ2v) is 10.0. The lowest BCUT2D eigenvalue weighted by molar-refractivity contribution is -0.121. The number of amides is 3. The monoisotopic (exact) mass is 519 g/mol. The smallest absolute Gasteiger partial charge is 0.274 e. The van der Waals surface area contributed by atoms with Crippen LogP contribution in [0.1, 0.15) is 58.8 Å². The van der Waals surface area contributed by atoms with Crippen LogP contribution in [0, 0.1) is 11.7 Å². The van der Waals surface area contributed by atoms with Gasteiger partial charge in [-0.15, -0.1) is 0 Å². The molecule has 1 N–H and O–H groups in total. The van der Waals surface area contributed by atoms with Gasteiger partial charge < -0.3 is 15.1 Å². The van der Waals surface area contributed by atoms with Crippen LogP contribution in [-0.2, 0) is 24.4 Å². The van der Waals surface area contributed by atoms with Crippen molar-refractivity contribution < 1.29 is 18.8 Å². The fourth-order valence-corrected chi connectivity index (χ4v) is 4.50. The summed E-state index contributed by atoms with van der Waals surface area (Å²) in [6.45, 7) is 6.64. The predicted molar refractivity (Wildman–Crippen MR) is 142 cm³/mol. The van der Waals surface area contributed by atoms with Gasteiger partial charge in [-0.25, -0.2) is 4.39 Å².